The summed E-state index contributed by atoms with van der Waals surface area (Å²) in [5, 5.41) is 3.58. The number of aryl methyl sites for hydroxylation is 1. The minimum atomic E-state index is -0.399. The Labute approximate surface area is 183 Å². The SMILES string of the molecule is CCOC(=O)c1ccc(NC(=O)c2sc3nc(-c4ccc(C)cc4)ccc3c2N)cc1. The fourth-order valence-corrected chi connectivity index (χ4v) is 4.13. The van der Waals surface area contributed by atoms with Gasteiger partial charge in [-0.05, 0) is 50.2 Å². The first-order valence-electron chi connectivity index (χ1n) is 9.81. The molecule has 0 atom stereocenters. The molecule has 7 heteroatoms. The zero-order valence-corrected chi connectivity index (χ0v) is 18.0. The molecule has 2 aromatic heterocycles. The van der Waals surface area contributed by atoms with E-state index in [1.54, 1.807) is 31.2 Å². The molecule has 2 heterocycles. The predicted molar refractivity (Wildman–Crippen MR) is 125 cm³/mol. The molecule has 0 aliphatic rings. The molecular formula is C24H21N3O3S. The number of rotatable bonds is 5. The summed E-state index contributed by atoms with van der Waals surface area (Å²) in [6.45, 7) is 4.10. The molecule has 0 unspecified atom stereocenters. The van der Waals surface area contributed by atoms with Gasteiger partial charge in [-0.25, -0.2) is 9.78 Å². The van der Waals surface area contributed by atoms with Crippen molar-refractivity contribution in [3.8, 4) is 11.3 Å². The maximum atomic E-state index is 12.8. The topological polar surface area (TPSA) is 94.3 Å². The molecule has 156 valence electrons. The number of esters is 1. The minimum Gasteiger partial charge on any atom is -0.462 e. The van der Waals surface area contributed by atoms with Crippen LogP contribution in [0.15, 0.2) is 60.7 Å². The van der Waals surface area contributed by atoms with Gasteiger partial charge in [0.2, 0.25) is 0 Å². The third-order valence-electron chi connectivity index (χ3n) is 4.80. The van der Waals surface area contributed by atoms with Crippen molar-refractivity contribution in [3.63, 3.8) is 0 Å². The highest BCUT2D eigenvalue weighted by Gasteiger charge is 2.18. The van der Waals surface area contributed by atoms with E-state index in [0.717, 1.165) is 16.6 Å². The normalized spacial score (nSPS) is 10.8. The lowest BCUT2D eigenvalue weighted by molar-refractivity contribution is 0.0526. The second-order valence-corrected chi connectivity index (χ2v) is 8.01. The number of fused-ring (bicyclic) bond motifs is 1. The highest BCUT2D eigenvalue weighted by molar-refractivity contribution is 7.21. The van der Waals surface area contributed by atoms with Crippen molar-refractivity contribution in [2.45, 2.75) is 13.8 Å². The van der Waals surface area contributed by atoms with E-state index >= 15 is 0 Å². The van der Waals surface area contributed by atoms with Crippen LogP contribution < -0.4 is 11.1 Å². The van der Waals surface area contributed by atoms with Gasteiger partial charge in [0, 0.05) is 16.6 Å². The van der Waals surface area contributed by atoms with Gasteiger partial charge in [0.1, 0.15) is 9.71 Å². The molecule has 1 amide bonds. The summed E-state index contributed by atoms with van der Waals surface area (Å²) in [6.07, 6.45) is 0. The van der Waals surface area contributed by atoms with Crippen LogP contribution >= 0.6 is 11.3 Å². The van der Waals surface area contributed by atoms with Crippen molar-refractivity contribution in [2.75, 3.05) is 17.7 Å². The number of pyridine rings is 1. The molecule has 0 fully saturated rings. The fourth-order valence-electron chi connectivity index (χ4n) is 3.14. The Hall–Kier alpha value is -3.71. The van der Waals surface area contributed by atoms with Gasteiger partial charge in [-0.3, -0.25) is 4.79 Å². The lowest BCUT2D eigenvalue weighted by Crippen LogP contribution is -2.12. The number of benzene rings is 2. The number of thiophene rings is 1. The first kappa shape index (κ1) is 20.6. The van der Waals surface area contributed by atoms with Crippen LogP contribution in [-0.4, -0.2) is 23.5 Å². The monoisotopic (exact) mass is 431 g/mol. The van der Waals surface area contributed by atoms with E-state index in [1.165, 1.54) is 16.9 Å². The maximum absolute atomic E-state index is 12.8. The smallest absolute Gasteiger partial charge is 0.338 e. The van der Waals surface area contributed by atoms with Crippen LogP contribution in [0, 0.1) is 6.92 Å². The lowest BCUT2D eigenvalue weighted by Gasteiger charge is -2.06. The van der Waals surface area contributed by atoms with E-state index in [9.17, 15) is 9.59 Å². The number of nitrogens with zero attached hydrogens (tertiary/aromatic N) is 1. The van der Waals surface area contributed by atoms with Crippen LogP contribution in [0.3, 0.4) is 0 Å². The molecule has 0 spiro atoms. The van der Waals surface area contributed by atoms with Gasteiger partial charge in [0.05, 0.1) is 23.6 Å². The summed E-state index contributed by atoms with van der Waals surface area (Å²) in [5.41, 5.74) is 10.7. The average molecular weight is 432 g/mol. The highest BCUT2D eigenvalue weighted by Crippen LogP contribution is 2.34. The number of nitrogens with one attached hydrogen (secondary N) is 1. The summed E-state index contributed by atoms with van der Waals surface area (Å²) in [7, 11) is 0. The number of anilines is 2. The first-order valence-corrected chi connectivity index (χ1v) is 10.6. The lowest BCUT2D eigenvalue weighted by atomic mass is 10.1. The second-order valence-electron chi connectivity index (χ2n) is 7.01. The fraction of sp³-hybridized carbons (Fsp3) is 0.125. The largest absolute Gasteiger partial charge is 0.462 e. The molecule has 0 bridgehead atoms. The van der Waals surface area contributed by atoms with E-state index in [1.807, 2.05) is 43.3 Å². The number of carbonyl (C=O) groups is 2. The summed E-state index contributed by atoms with van der Waals surface area (Å²) >= 11 is 1.26. The van der Waals surface area contributed by atoms with Crippen molar-refractivity contribution >= 4 is 44.8 Å². The molecule has 2 aromatic carbocycles. The van der Waals surface area contributed by atoms with E-state index in [-0.39, 0.29) is 5.91 Å². The molecule has 4 rings (SSSR count). The zero-order chi connectivity index (χ0) is 22.0. The van der Waals surface area contributed by atoms with E-state index in [4.69, 9.17) is 15.5 Å². The van der Waals surface area contributed by atoms with Crippen molar-refractivity contribution in [3.05, 3.63) is 76.7 Å². The van der Waals surface area contributed by atoms with E-state index < -0.39 is 5.97 Å². The molecule has 6 nitrogen and oxygen atoms in total. The van der Waals surface area contributed by atoms with Gasteiger partial charge in [-0.1, -0.05) is 29.8 Å². The number of ether oxygens (including phenoxy) is 1. The Bertz CT molecular complexity index is 1260. The molecule has 0 aliphatic carbocycles. The average Bonchev–Trinajstić information content (AvgIpc) is 3.11. The van der Waals surface area contributed by atoms with Gasteiger partial charge >= 0.3 is 5.97 Å². The summed E-state index contributed by atoms with van der Waals surface area (Å²) in [4.78, 5) is 30.4. The molecule has 4 aromatic rings. The Balaban J connectivity index is 1.57. The second kappa shape index (κ2) is 8.57. The molecule has 0 radical (unpaired) electrons. The van der Waals surface area contributed by atoms with Gasteiger partial charge in [0.15, 0.2) is 0 Å². The molecule has 3 N–H and O–H groups in total. The number of hydrogen-bond donors (Lipinski definition) is 2. The van der Waals surface area contributed by atoms with Gasteiger partial charge in [-0.15, -0.1) is 11.3 Å². The van der Waals surface area contributed by atoms with Crippen molar-refractivity contribution in [1.82, 2.24) is 4.98 Å². The van der Waals surface area contributed by atoms with Crippen LogP contribution in [0.4, 0.5) is 11.4 Å². The molecule has 0 saturated heterocycles. The van der Waals surface area contributed by atoms with Crippen LogP contribution in [0.1, 0.15) is 32.5 Å². The Morgan fingerprint density at radius 1 is 1.03 bits per heavy atom. The third kappa shape index (κ3) is 4.27. The van der Waals surface area contributed by atoms with E-state index in [2.05, 4.69) is 5.32 Å². The molecular weight excluding hydrogens is 410 g/mol. The van der Waals surface area contributed by atoms with Crippen LogP contribution in [-0.2, 0) is 4.74 Å². The Morgan fingerprint density at radius 3 is 2.42 bits per heavy atom. The molecule has 0 saturated carbocycles. The van der Waals surface area contributed by atoms with Crippen molar-refractivity contribution < 1.29 is 14.3 Å². The molecule has 0 aliphatic heterocycles. The third-order valence-corrected chi connectivity index (χ3v) is 5.92. The number of hydrogen-bond acceptors (Lipinski definition) is 6. The van der Waals surface area contributed by atoms with Gasteiger partial charge in [-0.2, -0.15) is 0 Å². The number of carbonyl (C=O) groups excluding carboxylic acids is 2. The standard InChI is InChI=1S/C24H21N3O3S/c1-3-30-24(29)16-8-10-17(11-9-16)26-22(28)21-20(25)18-12-13-19(27-23(18)31-21)15-6-4-14(2)5-7-15/h4-13H,3,25H2,1-2H3,(H,26,28). The Morgan fingerprint density at radius 2 is 1.74 bits per heavy atom. The predicted octanol–water partition coefficient (Wildman–Crippen LogP) is 5.28. The van der Waals surface area contributed by atoms with Gasteiger partial charge < -0.3 is 15.8 Å². The van der Waals surface area contributed by atoms with Crippen LogP contribution in [0.25, 0.3) is 21.5 Å². The summed E-state index contributed by atoms with van der Waals surface area (Å²) < 4.78 is 4.97. The number of aromatic nitrogens is 1. The summed E-state index contributed by atoms with van der Waals surface area (Å²) in [6, 6.07) is 18.5. The summed E-state index contributed by atoms with van der Waals surface area (Å²) in [5.74, 6) is -0.717. The number of nitrogen functional groups attached to an aromatic ring is 1. The number of nitrogens with two attached hydrogens (primary N) is 1. The Kier molecular flexibility index (Phi) is 5.68. The van der Waals surface area contributed by atoms with E-state index in [0.29, 0.717) is 33.3 Å². The first-order chi connectivity index (χ1) is 15.0. The maximum Gasteiger partial charge on any atom is 0.338 e. The van der Waals surface area contributed by atoms with Crippen LogP contribution in [0.5, 0.6) is 0 Å². The molecule has 31 heavy (non-hydrogen) atoms. The van der Waals surface area contributed by atoms with Crippen LogP contribution in [0.2, 0.25) is 0 Å². The highest BCUT2D eigenvalue weighted by atomic mass is 32.1. The zero-order valence-electron chi connectivity index (χ0n) is 17.1. The van der Waals surface area contributed by atoms with Gasteiger partial charge in [0.25, 0.3) is 5.91 Å². The quantitative estimate of drug-likeness (QED) is 0.419. The van der Waals surface area contributed by atoms with Crippen molar-refractivity contribution in [1.29, 1.82) is 0 Å². The van der Waals surface area contributed by atoms with Crippen molar-refractivity contribution in [2.24, 2.45) is 0 Å². The minimum absolute atomic E-state index is 0.308. The number of amides is 1.